The number of H-pyrrole nitrogens is 1. The first-order valence-electron chi connectivity index (χ1n) is 7.26. The molecule has 0 aliphatic carbocycles. The number of anilines is 1. The van der Waals surface area contributed by atoms with Crippen molar-refractivity contribution in [3.8, 4) is 11.1 Å². The summed E-state index contributed by atoms with van der Waals surface area (Å²) < 4.78 is 0. The molecule has 5 heteroatoms. The number of hydrogen-bond acceptors (Lipinski definition) is 4. The molecule has 114 valence electrons. The van der Waals surface area contributed by atoms with Gasteiger partial charge in [-0.25, -0.2) is 4.98 Å². The van der Waals surface area contributed by atoms with Gasteiger partial charge in [0.15, 0.2) is 0 Å². The molecule has 3 aromatic heterocycles. The van der Waals surface area contributed by atoms with Crippen LogP contribution < -0.4 is 11.3 Å². The Morgan fingerprint density at radius 1 is 1.09 bits per heavy atom. The van der Waals surface area contributed by atoms with Gasteiger partial charge in [-0.15, -0.1) is 0 Å². The third-order valence-electron chi connectivity index (χ3n) is 3.29. The van der Waals surface area contributed by atoms with Crippen LogP contribution in [0.1, 0.15) is 25.0 Å². The van der Waals surface area contributed by atoms with Gasteiger partial charge < -0.3 is 10.7 Å². The smallest absolute Gasteiger partial charge is 0.251 e. The van der Waals surface area contributed by atoms with Crippen molar-refractivity contribution in [1.29, 1.82) is 0 Å². The van der Waals surface area contributed by atoms with Crippen LogP contribution in [0.2, 0.25) is 0 Å². The third-order valence-corrected chi connectivity index (χ3v) is 3.29. The SMILES string of the molecule is CC.Cc1cncc(-c2cnc(N)c3[nH]c(=O)c(C)cc23)c1. The fraction of sp³-hybridized carbons (Fsp3) is 0.235. The maximum atomic E-state index is 11.7. The third kappa shape index (κ3) is 2.83. The van der Waals surface area contributed by atoms with E-state index in [1.165, 1.54) is 0 Å². The molecule has 3 heterocycles. The van der Waals surface area contributed by atoms with Crippen molar-refractivity contribution in [3.63, 3.8) is 0 Å². The van der Waals surface area contributed by atoms with Crippen molar-refractivity contribution >= 4 is 16.7 Å². The lowest BCUT2D eigenvalue weighted by molar-refractivity contribution is 1.21. The highest BCUT2D eigenvalue weighted by Gasteiger charge is 2.10. The molecule has 22 heavy (non-hydrogen) atoms. The molecular weight excluding hydrogens is 276 g/mol. The van der Waals surface area contributed by atoms with Crippen LogP contribution in [0.3, 0.4) is 0 Å². The minimum Gasteiger partial charge on any atom is -0.382 e. The summed E-state index contributed by atoms with van der Waals surface area (Å²) in [6.07, 6.45) is 5.29. The highest BCUT2D eigenvalue weighted by atomic mass is 16.1. The van der Waals surface area contributed by atoms with E-state index in [4.69, 9.17) is 5.73 Å². The molecule has 3 rings (SSSR count). The van der Waals surface area contributed by atoms with Crippen LogP contribution >= 0.6 is 0 Å². The minimum absolute atomic E-state index is 0.148. The zero-order valence-corrected chi connectivity index (χ0v) is 13.3. The van der Waals surface area contributed by atoms with Crippen molar-refractivity contribution in [2.75, 3.05) is 5.73 Å². The van der Waals surface area contributed by atoms with Gasteiger partial charge in [-0.05, 0) is 31.5 Å². The van der Waals surface area contributed by atoms with E-state index in [0.717, 1.165) is 22.1 Å². The Morgan fingerprint density at radius 3 is 2.50 bits per heavy atom. The summed E-state index contributed by atoms with van der Waals surface area (Å²) in [5.41, 5.74) is 9.84. The Morgan fingerprint density at radius 2 is 1.82 bits per heavy atom. The normalized spacial score (nSPS) is 10.2. The van der Waals surface area contributed by atoms with E-state index >= 15 is 0 Å². The van der Waals surface area contributed by atoms with Crippen molar-refractivity contribution in [3.05, 3.63) is 52.2 Å². The van der Waals surface area contributed by atoms with Crippen molar-refractivity contribution in [2.45, 2.75) is 27.7 Å². The van der Waals surface area contributed by atoms with Gasteiger partial charge in [0.05, 0.1) is 5.52 Å². The van der Waals surface area contributed by atoms with E-state index in [1.54, 1.807) is 25.5 Å². The van der Waals surface area contributed by atoms with Crippen LogP contribution in [0, 0.1) is 13.8 Å². The van der Waals surface area contributed by atoms with Gasteiger partial charge >= 0.3 is 0 Å². The number of pyridine rings is 3. The van der Waals surface area contributed by atoms with Crippen LogP contribution in [0.25, 0.3) is 22.0 Å². The zero-order valence-electron chi connectivity index (χ0n) is 13.3. The maximum Gasteiger partial charge on any atom is 0.251 e. The molecule has 0 spiro atoms. The monoisotopic (exact) mass is 296 g/mol. The van der Waals surface area contributed by atoms with Gasteiger partial charge in [-0.1, -0.05) is 13.8 Å². The first-order valence-corrected chi connectivity index (χ1v) is 7.26. The fourth-order valence-corrected chi connectivity index (χ4v) is 2.25. The molecule has 3 N–H and O–H groups in total. The molecule has 0 unspecified atom stereocenters. The van der Waals surface area contributed by atoms with Gasteiger partial charge in [0.25, 0.3) is 5.56 Å². The summed E-state index contributed by atoms with van der Waals surface area (Å²) in [5, 5.41) is 0.877. The number of nitrogens with two attached hydrogens (primary N) is 1. The predicted octanol–water partition coefficient (Wildman–Crippen LogP) is 3.21. The standard InChI is InChI=1S/C15H14N4O.C2H6/c1-8-3-10(6-17-5-8)12-7-18-14(16)13-11(12)4-9(2)15(20)19-13;1-2/h3-7H,1-2H3,(H2,16,18)(H,19,20);1-2H3. The quantitative estimate of drug-likeness (QED) is 0.722. The first kappa shape index (κ1) is 15.7. The van der Waals surface area contributed by atoms with E-state index in [2.05, 4.69) is 15.0 Å². The number of rotatable bonds is 1. The van der Waals surface area contributed by atoms with Gasteiger partial charge in [0, 0.05) is 40.7 Å². The topological polar surface area (TPSA) is 84.7 Å². The number of nitrogen functional groups attached to an aromatic ring is 1. The summed E-state index contributed by atoms with van der Waals surface area (Å²) in [5.74, 6) is 0.321. The highest BCUT2D eigenvalue weighted by Crippen LogP contribution is 2.29. The molecular formula is C17H20N4O. The van der Waals surface area contributed by atoms with E-state index in [-0.39, 0.29) is 5.56 Å². The largest absolute Gasteiger partial charge is 0.382 e. The second kappa shape index (κ2) is 6.39. The van der Waals surface area contributed by atoms with Crippen LogP contribution in [-0.4, -0.2) is 15.0 Å². The summed E-state index contributed by atoms with van der Waals surface area (Å²) in [6, 6.07) is 3.87. The molecule has 0 saturated carbocycles. The molecule has 0 aliphatic rings. The maximum absolute atomic E-state index is 11.7. The molecule has 0 aromatic carbocycles. The molecule has 0 aliphatic heterocycles. The van der Waals surface area contributed by atoms with Crippen LogP contribution in [0.5, 0.6) is 0 Å². The molecule has 0 radical (unpaired) electrons. The second-order valence-electron chi connectivity index (χ2n) is 4.88. The Bertz CT molecular complexity index is 868. The molecule has 0 amide bonds. The first-order chi connectivity index (χ1) is 10.6. The summed E-state index contributed by atoms with van der Waals surface area (Å²) in [7, 11) is 0. The lowest BCUT2D eigenvalue weighted by Gasteiger charge is -2.09. The Labute approximate surface area is 129 Å². The van der Waals surface area contributed by atoms with Gasteiger partial charge in [0.2, 0.25) is 0 Å². The summed E-state index contributed by atoms with van der Waals surface area (Å²) >= 11 is 0. The minimum atomic E-state index is -0.148. The van der Waals surface area contributed by atoms with E-state index < -0.39 is 0 Å². The molecule has 0 bridgehead atoms. The lowest BCUT2D eigenvalue weighted by atomic mass is 10.0. The Hall–Kier alpha value is -2.69. The number of aryl methyl sites for hydroxylation is 2. The summed E-state index contributed by atoms with van der Waals surface area (Å²) in [6.45, 7) is 7.75. The average molecular weight is 296 g/mol. The number of aromatic nitrogens is 3. The lowest BCUT2D eigenvalue weighted by Crippen LogP contribution is -2.10. The fourth-order valence-electron chi connectivity index (χ4n) is 2.25. The number of aromatic amines is 1. The molecule has 0 saturated heterocycles. The second-order valence-corrected chi connectivity index (χ2v) is 4.88. The average Bonchev–Trinajstić information content (AvgIpc) is 2.52. The Kier molecular flexibility index (Phi) is 4.56. The van der Waals surface area contributed by atoms with E-state index in [1.807, 2.05) is 32.9 Å². The highest BCUT2D eigenvalue weighted by molar-refractivity contribution is 5.98. The van der Waals surface area contributed by atoms with Crippen molar-refractivity contribution in [2.24, 2.45) is 0 Å². The Balaban J connectivity index is 0.000000847. The molecule has 5 nitrogen and oxygen atoms in total. The zero-order chi connectivity index (χ0) is 16.3. The molecule has 0 atom stereocenters. The summed E-state index contributed by atoms with van der Waals surface area (Å²) in [4.78, 5) is 22.9. The number of fused-ring (bicyclic) bond motifs is 1. The van der Waals surface area contributed by atoms with Crippen molar-refractivity contribution < 1.29 is 0 Å². The van der Waals surface area contributed by atoms with Crippen molar-refractivity contribution in [1.82, 2.24) is 15.0 Å². The predicted molar refractivity (Wildman–Crippen MR) is 90.8 cm³/mol. The van der Waals surface area contributed by atoms with Crippen LogP contribution in [0.4, 0.5) is 5.82 Å². The molecule has 3 aromatic rings. The number of nitrogens with one attached hydrogen (secondary N) is 1. The van der Waals surface area contributed by atoms with Gasteiger partial charge in [0.1, 0.15) is 5.82 Å². The molecule has 0 fully saturated rings. The number of hydrogen-bond donors (Lipinski definition) is 2. The van der Waals surface area contributed by atoms with E-state index in [0.29, 0.717) is 16.9 Å². The van der Waals surface area contributed by atoms with Gasteiger partial charge in [-0.3, -0.25) is 9.78 Å². The van der Waals surface area contributed by atoms with Gasteiger partial charge in [-0.2, -0.15) is 0 Å². The van der Waals surface area contributed by atoms with E-state index in [9.17, 15) is 4.79 Å². The van der Waals surface area contributed by atoms with Crippen LogP contribution in [-0.2, 0) is 0 Å². The number of nitrogens with zero attached hydrogens (tertiary/aromatic N) is 2. The van der Waals surface area contributed by atoms with Crippen LogP contribution in [0.15, 0.2) is 35.5 Å².